The monoisotopic (exact) mass is 187 g/mol. The molecule has 13 heavy (non-hydrogen) atoms. The van der Waals surface area contributed by atoms with Gasteiger partial charge < -0.3 is 10.8 Å². The van der Waals surface area contributed by atoms with Crippen LogP contribution in [0.15, 0.2) is 0 Å². The third-order valence-electron chi connectivity index (χ3n) is 2.33. The van der Waals surface area contributed by atoms with Crippen molar-refractivity contribution in [1.29, 1.82) is 0 Å². The minimum Gasteiger partial charge on any atom is -0.393 e. The first-order chi connectivity index (χ1) is 6.27. The largest absolute Gasteiger partial charge is 0.393 e. The van der Waals surface area contributed by atoms with Crippen LogP contribution in [0.4, 0.5) is 0 Å². The zero-order valence-corrected chi connectivity index (χ0v) is 8.97. The molecule has 0 aliphatic rings. The van der Waals surface area contributed by atoms with Gasteiger partial charge in [0.1, 0.15) is 0 Å². The van der Waals surface area contributed by atoms with Gasteiger partial charge in [0.25, 0.3) is 0 Å². The Morgan fingerprint density at radius 3 is 1.85 bits per heavy atom. The van der Waals surface area contributed by atoms with E-state index in [-0.39, 0.29) is 6.10 Å². The van der Waals surface area contributed by atoms with Gasteiger partial charge in [0.2, 0.25) is 0 Å². The third-order valence-corrected chi connectivity index (χ3v) is 2.33. The van der Waals surface area contributed by atoms with E-state index < -0.39 is 0 Å². The summed E-state index contributed by atoms with van der Waals surface area (Å²) in [6.45, 7) is 2.70. The molecule has 0 aromatic rings. The van der Waals surface area contributed by atoms with Gasteiger partial charge in [0, 0.05) is 0 Å². The van der Waals surface area contributed by atoms with Gasteiger partial charge in [-0.25, -0.2) is 0 Å². The van der Waals surface area contributed by atoms with Crippen molar-refractivity contribution in [3.63, 3.8) is 0 Å². The minimum absolute atomic E-state index is 0.114. The third kappa shape index (κ3) is 11.9. The number of hydrogen-bond donors (Lipinski definition) is 2. The fourth-order valence-corrected chi connectivity index (χ4v) is 1.47. The Hall–Kier alpha value is -0.0800. The molecule has 0 saturated heterocycles. The molecule has 0 radical (unpaired) electrons. The van der Waals surface area contributed by atoms with Gasteiger partial charge in [-0.05, 0) is 26.3 Å². The molecule has 0 aliphatic heterocycles. The van der Waals surface area contributed by atoms with E-state index >= 15 is 0 Å². The highest BCUT2D eigenvalue weighted by molar-refractivity contribution is 4.50. The lowest BCUT2D eigenvalue weighted by Crippen LogP contribution is -1.98. The Labute approximate surface area is 82.5 Å². The van der Waals surface area contributed by atoms with E-state index in [0.717, 1.165) is 13.0 Å². The number of rotatable bonds is 9. The lowest BCUT2D eigenvalue weighted by Gasteiger charge is -2.03. The van der Waals surface area contributed by atoms with Crippen molar-refractivity contribution in [2.75, 3.05) is 6.54 Å². The molecule has 0 saturated carbocycles. The number of unbranched alkanes of at least 4 members (excludes halogenated alkanes) is 6. The molecule has 0 spiro atoms. The van der Waals surface area contributed by atoms with Crippen molar-refractivity contribution in [3.8, 4) is 0 Å². The first-order valence-electron chi connectivity index (χ1n) is 5.65. The lowest BCUT2D eigenvalue weighted by molar-refractivity contribution is 0.180. The second-order valence-electron chi connectivity index (χ2n) is 3.90. The molecule has 2 nitrogen and oxygen atoms in total. The van der Waals surface area contributed by atoms with E-state index in [0.29, 0.717) is 0 Å². The van der Waals surface area contributed by atoms with Crippen LogP contribution in [0.1, 0.15) is 58.3 Å². The van der Waals surface area contributed by atoms with Gasteiger partial charge in [-0.2, -0.15) is 0 Å². The standard InChI is InChI=1S/C11H25NO/c1-11(13)9-7-5-3-2-4-6-8-10-12/h11,13H,2-10,12H2,1H3. The quantitative estimate of drug-likeness (QED) is 0.545. The van der Waals surface area contributed by atoms with Crippen LogP contribution in [0.5, 0.6) is 0 Å². The van der Waals surface area contributed by atoms with E-state index in [1.165, 1.54) is 44.9 Å². The van der Waals surface area contributed by atoms with Gasteiger partial charge in [-0.3, -0.25) is 0 Å². The van der Waals surface area contributed by atoms with Crippen LogP contribution in [-0.4, -0.2) is 17.8 Å². The Morgan fingerprint density at radius 1 is 0.923 bits per heavy atom. The van der Waals surface area contributed by atoms with Crippen LogP contribution < -0.4 is 5.73 Å². The van der Waals surface area contributed by atoms with Crippen molar-refractivity contribution in [2.24, 2.45) is 5.73 Å². The van der Waals surface area contributed by atoms with E-state index in [2.05, 4.69) is 0 Å². The van der Waals surface area contributed by atoms with Gasteiger partial charge >= 0.3 is 0 Å². The zero-order chi connectivity index (χ0) is 9.94. The first-order valence-corrected chi connectivity index (χ1v) is 5.65. The van der Waals surface area contributed by atoms with Gasteiger partial charge in [0.15, 0.2) is 0 Å². The molecule has 3 N–H and O–H groups in total. The van der Waals surface area contributed by atoms with E-state index in [4.69, 9.17) is 10.8 Å². The maximum atomic E-state index is 9.01. The molecule has 0 fully saturated rings. The fourth-order valence-electron chi connectivity index (χ4n) is 1.47. The summed E-state index contributed by atoms with van der Waals surface area (Å²) in [6.07, 6.45) is 9.73. The SMILES string of the molecule is CC(O)CCCCCCCCCN. The summed E-state index contributed by atoms with van der Waals surface area (Å²) in [6, 6.07) is 0. The highest BCUT2D eigenvalue weighted by Gasteiger charge is 1.95. The number of aliphatic hydroxyl groups is 1. The Morgan fingerprint density at radius 2 is 1.38 bits per heavy atom. The molecule has 2 heteroatoms. The maximum Gasteiger partial charge on any atom is 0.0512 e. The van der Waals surface area contributed by atoms with Crippen molar-refractivity contribution >= 4 is 0 Å². The van der Waals surface area contributed by atoms with Gasteiger partial charge in [-0.15, -0.1) is 0 Å². The van der Waals surface area contributed by atoms with Crippen molar-refractivity contribution < 1.29 is 5.11 Å². The van der Waals surface area contributed by atoms with Crippen LogP contribution in [0.2, 0.25) is 0 Å². The topological polar surface area (TPSA) is 46.2 Å². The number of nitrogens with two attached hydrogens (primary N) is 1. The second-order valence-corrected chi connectivity index (χ2v) is 3.90. The highest BCUT2D eigenvalue weighted by atomic mass is 16.3. The molecule has 1 atom stereocenters. The summed E-state index contributed by atoms with van der Waals surface area (Å²) in [5.74, 6) is 0. The summed E-state index contributed by atoms with van der Waals surface area (Å²) in [4.78, 5) is 0. The molecule has 0 amide bonds. The first kappa shape index (κ1) is 12.9. The van der Waals surface area contributed by atoms with Crippen molar-refractivity contribution in [1.82, 2.24) is 0 Å². The van der Waals surface area contributed by atoms with E-state index in [1.54, 1.807) is 0 Å². The molecule has 1 unspecified atom stereocenters. The molecule has 0 rings (SSSR count). The van der Waals surface area contributed by atoms with E-state index in [9.17, 15) is 0 Å². The number of aliphatic hydroxyl groups excluding tert-OH is 1. The Kier molecular flexibility index (Phi) is 9.94. The predicted molar refractivity (Wildman–Crippen MR) is 57.7 cm³/mol. The fraction of sp³-hybridized carbons (Fsp3) is 1.00. The summed E-state index contributed by atoms with van der Waals surface area (Å²) in [5.41, 5.74) is 5.40. The average Bonchev–Trinajstić information content (AvgIpc) is 2.09. The summed E-state index contributed by atoms with van der Waals surface area (Å²) < 4.78 is 0. The molecule has 80 valence electrons. The molecule has 0 heterocycles. The molecule has 0 bridgehead atoms. The van der Waals surface area contributed by atoms with Crippen LogP contribution >= 0.6 is 0 Å². The highest BCUT2D eigenvalue weighted by Crippen LogP contribution is 2.09. The molecule has 0 aromatic heterocycles. The predicted octanol–water partition coefficient (Wildman–Crippen LogP) is 2.45. The Bertz CT molecular complexity index is 94.1. The average molecular weight is 187 g/mol. The van der Waals surface area contributed by atoms with Crippen LogP contribution in [0, 0.1) is 0 Å². The summed E-state index contributed by atoms with van der Waals surface area (Å²) in [7, 11) is 0. The van der Waals surface area contributed by atoms with E-state index in [1.807, 2.05) is 6.92 Å². The lowest BCUT2D eigenvalue weighted by atomic mass is 10.1. The van der Waals surface area contributed by atoms with Crippen LogP contribution in [-0.2, 0) is 0 Å². The summed E-state index contributed by atoms with van der Waals surface area (Å²) >= 11 is 0. The van der Waals surface area contributed by atoms with Crippen LogP contribution in [0.3, 0.4) is 0 Å². The molecule has 0 aliphatic carbocycles. The number of hydrogen-bond acceptors (Lipinski definition) is 2. The smallest absolute Gasteiger partial charge is 0.0512 e. The second kappa shape index (κ2) is 10.0. The van der Waals surface area contributed by atoms with Crippen LogP contribution in [0.25, 0.3) is 0 Å². The van der Waals surface area contributed by atoms with Crippen molar-refractivity contribution in [2.45, 2.75) is 64.4 Å². The van der Waals surface area contributed by atoms with Crippen molar-refractivity contribution in [3.05, 3.63) is 0 Å². The minimum atomic E-state index is -0.114. The van der Waals surface area contributed by atoms with Gasteiger partial charge in [-0.1, -0.05) is 38.5 Å². The van der Waals surface area contributed by atoms with Gasteiger partial charge in [0.05, 0.1) is 6.10 Å². The summed E-state index contributed by atoms with van der Waals surface area (Å²) in [5, 5.41) is 9.01. The Balaban J connectivity index is 2.84. The normalized spacial score (nSPS) is 13.2. The molecule has 0 aromatic carbocycles. The molecular formula is C11H25NO. The zero-order valence-electron chi connectivity index (χ0n) is 8.97. The molecular weight excluding hydrogens is 162 g/mol. The maximum absolute atomic E-state index is 9.01.